The van der Waals surface area contributed by atoms with Crippen molar-refractivity contribution in [3.63, 3.8) is 0 Å². The number of H-pyrrole nitrogens is 1. The summed E-state index contributed by atoms with van der Waals surface area (Å²) in [6.07, 6.45) is 6.44. The molecule has 1 aliphatic carbocycles. The monoisotopic (exact) mass is 229 g/mol. The van der Waals surface area contributed by atoms with Crippen molar-refractivity contribution in [2.75, 3.05) is 5.73 Å². The molecule has 1 aromatic rings. The minimum atomic E-state index is -1.50. The molecule has 0 bridgehead atoms. The number of nitrogens with zero attached hydrogens (tertiary/aromatic N) is 3. The molecule has 0 atom stereocenters. The minimum Gasteiger partial charge on any atom is -0.367 e. The molecule has 4 N–H and O–H groups in total. The minimum absolute atomic E-state index is 0.371. The lowest BCUT2D eigenvalue weighted by molar-refractivity contribution is -0.742. The zero-order valence-electron chi connectivity index (χ0n) is 8.80. The van der Waals surface area contributed by atoms with Gasteiger partial charge >= 0.3 is 0 Å². The topological polar surface area (TPSA) is 131 Å². The smallest absolute Gasteiger partial charge is 0.291 e. The largest absolute Gasteiger partial charge is 0.367 e. The maximum Gasteiger partial charge on any atom is 0.291 e. The maximum absolute atomic E-state index is 8.36. The van der Waals surface area contributed by atoms with Crippen molar-refractivity contribution < 1.29 is 10.3 Å². The van der Waals surface area contributed by atoms with Gasteiger partial charge in [0.25, 0.3) is 5.09 Å². The van der Waals surface area contributed by atoms with E-state index < -0.39 is 5.09 Å². The second-order valence-electron chi connectivity index (χ2n) is 3.65. The molecule has 90 valence electrons. The van der Waals surface area contributed by atoms with Gasteiger partial charge < -0.3 is 10.9 Å². The van der Waals surface area contributed by atoms with Crippen molar-refractivity contribution in [1.82, 2.24) is 15.2 Å². The summed E-state index contributed by atoms with van der Waals surface area (Å²) in [6.45, 7) is 0. The van der Waals surface area contributed by atoms with Crippen LogP contribution < -0.4 is 5.73 Å². The summed E-state index contributed by atoms with van der Waals surface area (Å²) in [6, 6.07) is 0. The van der Waals surface area contributed by atoms with Gasteiger partial charge in [-0.15, -0.1) is 15.2 Å². The summed E-state index contributed by atoms with van der Waals surface area (Å²) in [5, 5.41) is 20.4. The molecule has 0 spiro atoms. The average Bonchev–Trinajstić information content (AvgIpc) is 2.65. The lowest BCUT2D eigenvalue weighted by Gasteiger charge is -2.18. The Labute approximate surface area is 92.0 Å². The van der Waals surface area contributed by atoms with E-state index in [1.807, 2.05) is 0 Å². The van der Waals surface area contributed by atoms with E-state index in [0.717, 1.165) is 5.82 Å². The van der Waals surface area contributed by atoms with Crippen molar-refractivity contribution in [2.24, 2.45) is 0 Å². The Balaban J connectivity index is 0.000000280. The van der Waals surface area contributed by atoms with Crippen LogP contribution in [0, 0.1) is 10.1 Å². The number of hydrogen-bond donors (Lipinski definition) is 3. The normalized spacial score (nSPS) is 16.2. The maximum atomic E-state index is 8.36. The third-order valence-corrected chi connectivity index (χ3v) is 2.51. The number of anilines is 1. The molecule has 1 saturated carbocycles. The zero-order valence-corrected chi connectivity index (χ0v) is 8.80. The number of nitrogen functional groups attached to an aromatic ring is 1. The highest BCUT2D eigenvalue weighted by Crippen LogP contribution is 2.30. The van der Waals surface area contributed by atoms with Crippen LogP contribution in [0.2, 0.25) is 0 Å². The van der Waals surface area contributed by atoms with Gasteiger partial charge in [-0.25, -0.2) is 0 Å². The zero-order chi connectivity index (χ0) is 12.0. The van der Waals surface area contributed by atoms with Gasteiger partial charge in [-0.3, -0.25) is 5.10 Å². The molecule has 0 radical (unpaired) electrons. The van der Waals surface area contributed by atoms with E-state index in [1.54, 1.807) is 0 Å². The Hall–Kier alpha value is -1.86. The third kappa shape index (κ3) is 4.11. The van der Waals surface area contributed by atoms with E-state index in [4.69, 9.17) is 21.1 Å². The van der Waals surface area contributed by atoms with Gasteiger partial charge in [-0.05, 0) is 12.8 Å². The molecule has 0 aromatic carbocycles. The Bertz CT molecular complexity index is 330. The standard InChI is InChI=1S/C8H14N4.HNO3/c9-8-10-7(11-12-8)6-4-2-1-3-5-6;2-1(3)4/h6H,1-5H2,(H3,9,10,11,12);(H,2,3,4). The molecule has 2 rings (SSSR count). The van der Waals surface area contributed by atoms with E-state index in [0.29, 0.717) is 11.9 Å². The first kappa shape index (κ1) is 12.2. The van der Waals surface area contributed by atoms with E-state index in [-0.39, 0.29) is 0 Å². The highest BCUT2D eigenvalue weighted by molar-refractivity contribution is 5.14. The van der Waals surface area contributed by atoms with Crippen LogP contribution >= 0.6 is 0 Å². The fourth-order valence-electron chi connectivity index (χ4n) is 1.85. The fraction of sp³-hybridized carbons (Fsp3) is 0.750. The summed E-state index contributed by atoms with van der Waals surface area (Å²) in [4.78, 5) is 12.5. The summed E-state index contributed by atoms with van der Waals surface area (Å²) < 4.78 is 0. The molecule has 0 unspecified atom stereocenters. The molecular formula is C8H15N5O3. The van der Waals surface area contributed by atoms with E-state index in [1.165, 1.54) is 32.1 Å². The van der Waals surface area contributed by atoms with Crippen LogP contribution in [0.25, 0.3) is 0 Å². The first-order valence-corrected chi connectivity index (χ1v) is 5.10. The predicted molar refractivity (Wildman–Crippen MR) is 55.4 cm³/mol. The molecule has 1 aliphatic rings. The summed E-state index contributed by atoms with van der Waals surface area (Å²) in [7, 11) is 0. The molecule has 16 heavy (non-hydrogen) atoms. The van der Waals surface area contributed by atoms with E-state index >= 15 is 0 Å². The molecule has 1 fully saturated rings. The lowest BCUT2D eigenvalue weighted by Crippen LogP contribution is -2.06. The Kier molecular flexibility index (Phi) is 4.49. The first-order chi connectivity index (χ1) is 7.59. The first-order valence-electron chi connectivity index (χ1n) is 5.10. The second kappa shape index (κ2) is 5.89. The third-order valence-electron chi connectivity index (χ3n) is 2.51. The highest BCUT2D eigenvalue weighted by Gasteiger charge is 2.18. The molecular weight excluding hydrogens is 214 g/mol. The number of aromatic amines is 1. The number of nitrogens with two attached hydrogens (primary N) is 1. The number of rotatable bonds is 1. The van der Waals surface area contributed by atoms with Crippen molar-refractivity contribution in [3.8, 4) is 0 Å². The SMILES string of the molecule is Nc1n[nH]c(C2CCCCC2)n1.O=[N+]([O-])O. The van der Waals surface area contributed by atoms with Gasteiger partial charge in [0, 0.05) is 5.92 Å². The Morgan fingerprint density at radius 1 is 1.44 bits per heavy atom. The number of nitrogens with one attached hydrogen (secondary N) is 1. The van der Waals surface area contributed by atoms with Gasteiger partial charge in [0.1, 0.15) is 5.82 Å². The molecule has 1 heterocycles. The van der Waals surface area contributed by atoms with Crippen molar-refractivity contribution in [3.05, 3.63) is 15.9 Å². The molecule has 0 amide bonds. The molecule has 0 saturated heterocycles. The van der Waals surface area contributed by atoms with Gasteiger partial charge in [-0.2, -0.15) is 4.98 Å². The van der Waals surface area contributed by atoms with Gasteiger partial charge in [0.2, 0.25) is 5.95 Å². The van der Waals surface area contributed by atoms with Crippen LogP contribution in [0.15, 0.2) is 0 Å². The summed E-state index contributed by atoms with van der Waals surface area (Å²) in [5.41, 5.74) is 5.43. The van der Waals surface area contributed by atoms with Crippen LogP contribution in [0.5, 0.6) is 0 Å². The van der Waals surface area contributed by atoms with Gasteiger partial charge in [-0.1, -0.05) is 19.3 Å². The van der Waals surface area contributed by atoms with Crippen LogP contribution in [-0.4, -0.2) is 25.5 Å². The predicted octanol–water partition coefficient (Wildman–Crippen LogP) is 1.09. The number of aromatic nitrogens is 3. The van der Waals surface area contributed by atoms with Crippen LogP contribution in [0.3, 0.4) is 0 Å². The quantitative estimate of drug-likeness (QED) is 0.487. The van der Waals surface area contributed by atoms with Crippen LogP contribution in [-0.2, 0) is 0 Å². The molecule has 8 nitrogen and oxygen atoms in total. The highest BCUT2D eigenvalue weighted by atomic mass is 16.9. The molecule has 0 aliphatic heterocycles. The molecule has 8 heteroatoms. The van der Waals surface area contributed by atoms with Crippen LogP contribution in [0.4, 0.5) is 5.95 Å². The van der Waals surface area contributed by atoms with Crippen molar-refractivity contribution in [1.29, 1.82) is 0 Å². The summed E-state index contributed by atoms with van der Waals surface area (Å²) in [5.74, 6) is 1.92. The van der Waals surface area contributed by atoms with Crippen LogP contribution in [0.1, 0.15) is 43.8 Å². The van der Waals surface area contributed by atoms with Gasteiger partial charge in [0.05, 0.1) is 0 Å². The fourth-order valence-corrected chi connectivity index (χ4v) is 1.85. The summed E-state index contributed by atoms with van der Waals surface area (Å²) >= 11 is 0. The van der Waals surface area contributed by atoms with E-state index in [2.05, 4.69) is 15.2 Å². The van der Waals surface area contributed by atoms with E-state index in [9.17, 15) is 0 Å². The van der Waals surface area contributed by atoms with Gasteiger partial charge in [0.15, 0.2) is 0 Å². The average molecular weight is 229 g/mol. The molecule has 1 aromatic heterocycles. The Morgan fingerprint density at radius 3 is 2.44 bits per heavy atom. The Morgan fingerprint density at radius 2 is 2.00 bits per heavy atom. The second-order valence-corrected chi connectivity index (χ2v) is 3.65. The van der Waals surface area contributed by atoms with Crippen molar-refractivity contribution in [2.45, 2.75) is 38.0 Å². The number of hydrogen-bond acceptors (Lipinski definition) is 5. The lowest BCUT2D eigenvalue weighted by atomic mass is 9.89. The van der Waals surface area contributed by atoms with Crippen molar-refractivity contribution >= 4 is 5.95 Å².